The molecule has 2 nitrogen and oxygen atoms in total. The second kappa shape index (κ2) is 6.61. The minimum Gasteiger partial charge on any atom is -0.372 e. The van der Waals surface area contributed by atoms with Crippen LogP contribution in [0.4, 0.5) is 5.69 Å². The molecular formula is C17H24N2. The number of aryl methyl sites for hydroxylation is 1. The van der Waals surface area contributed by atoms with Crippen molar-refractivity contribution in [3.05, 3.63) is 29.8 Å². The molecule has 0 aromatic heterocycles. The molecule has 2 rings (SSSR count). The lowest BCUT2D eigenvalue weighted by atomic mass is 9.86. The van der Waals surface area contributed by atoms with Crippen molar-refractivity contribution >= 4 is 5.69 Å². The molecule has 0 heterocycles. The number of benzene rings is 1. The molecule has 0 aliphatic heterocycles. The molecule has 0 radical (unpaired) electrons. The third-order valence-electron chi connectivity index (χ3n) is 4.31. The average Bonchev–Trinajstić information content (AvgIpc) is 2.48. The summed E-state index contributed by atoms with van der Waals surface area (Å²) in [5.41, 5.74) is 2.73. The van der Waals surface area contributed by atoms with Gasteiger partial charge in [-0.15, -0.1) is 0 Å². The van der Waals surface area contributed by atoms with Crippen molar-refractivity contribution in [3.8, 4) is 6.07 Å². The topological polar surface area (TPSA) is 27.0 Å². The molecule has 1 aromatic rings. The van der Waals surface area contributed by atoms with E-state index in [0.717, 1.165) is 32.1 Å². The molecule has 0 bridgehead atoms. The van der Waals surface area contributed by atoms with Crippen molar-refractivity contribution in [1.82, 2.24) is 0 Å². The Morgan fingerprint density at radius 1 is 1.16 bits per heavy atom. The van der Waals surface area contributed by atoms with E-state index >= 15 is 0 Å². The lowest BCUT2D eigenvalue weighted by molar-refractivity contribution is 0.372. The first-order valence-corrected chi connectivity index (χ1v) is 7.46. The highest BCUT2D eigenvalue weighted by molar-refractivity contribution is 5.48. The Hall–Kier alpha value is -1.49. The van der Waals surface area contributed by atoms with Crippen LogP contribution in [0.5, 0.6) is 0 Å². The highest BCUT2D eigenvalue weighted by atomic mass is 15.1. The number of nitrogens with zero attached hydrogens (tertiary/aromatic N) is 2. The van der Waals surface area contributed by atoms with Crippen LogP contribution in [0.1, 0.15) is 44.6 Å². The van der Waals surface area contributed by atoms with E-state index in [1.165, 1.54) is 17.7 Å². The number of rotatable bonds is 4. The van der Waals surface area contributed by atoms with Crippen molar-refractivity contribution in [1.29, 1.82) is 5.26 Å². The zero-order valence-electron chi connectivity index (χ0n) is 12.1. The summed E-state index contributed by atoms with van der Waals surface area (Å²) in [5.74, 6) is 0.289. The summed E-state index contributed by atoms with van der Waals surface area (Å²) < 4.78 is 0. The van der Waals surface area contributed by atoms with Gasteiger partial charge in [-0.25, -0.2) is 0 Å². The Morgan fingerprint density at radius 3 is 2.32 bits per heavy atom. The van der Waals surface area contributed by atoms with Crippen molar-refractivity contribution in [3.63, 3.8) is 0 Å². The minimum atomic E-state index is 0.289. The van der Waals surface area contributed by atoms with Crippen molar-refractivity contribution in [2.24, 2.45) is 5.92 Å². The third kappa shape index (κ3) is 3.50. The van der Waals surface area contributed by atoms with Gasteiger partial charge in [-0.3, -0.25) is 0 Å². The summed E-state index contributed by atoms with van der Waals surface area (Å²) in [6.45, 7) is 2.22. The quantitative estimate of drug-likeness (QED) is 0.809. The van der Waals surface area contributed by atoms with Gasteiger partial charge < -0.3 is 4.90 Å². The monoisotopic (exact) mass is 256 g/mol. The summed E-state index contributed by atoms with van der Waals surface area (Å²) in [6, 6.07) is 12.0. The molecule has 1 fully saturated rings. The number of anilines is 1. The molecule has 19 heavy (non-hydrogen) atoms. The van der Waals surface area contributed by atoms with E-state index in [0.29, 0.717) is 6.04 Å². The second-order valence-electron chi connectivity index (χ2n) is 5.66. The SMILES string of the molecule is CCCc1ccc(N(C)C2CCC(C#N)CC2)cc1. The molecule has 1 aliphatic carbocycles. The molecule has 0 atom stereocenters. The Kier molecular flexibility index (Phi) is 4.85. The normalized spacial score (nSPS) is 22.8. The Balaban J connectivity index is 1.96. The fourth-order valence-corrected chi connectivity index (χ4v) is 2.99. The highest BCUT2D eigenvalue weighted by Crippen LogP contribution is 2.29. The summed E-state index contributed by atoms with van der Waals surface area (Å²) in [6.07, 6.45) is 6.76. The van der Waals surface area contributed by atoms with Crippen molar-refractivity contribution in [2.75, 3.05) is 11.9 Å². The van der Waals surface area contributed by atoms with Crippen molar-refractivity contribution < 1.29 is 0 Å². The maximum absolute atomic E-state index is 8.95. The van der Waals surface area contributed by atoms with E-state index in [2.05, 4.69) is 49.2 Å². The van der Waals surface area contributed by atoms with Gasteiger partial charge in [-0.2, -0.15) is 5.26 Å². The summed E-state index contributed by atoms with van der Waals surface area (Å²) in [4.78, 5) is 2.39. The van der Waals surface area contributed by atoms with Gasteiger partial charge in [0.15, 0.2) is 0 Å². The van der Waals surface area contributed by atoms with Crippen LogP contribution < -0.4 is 4.90 Å². The summed E-state index contributed by atoms with van der Waals surface area (Å²) in [7, 11) is 2.19. The lowest BCUT2D eigenvalue weighted by Crippen LogP contribution is -2.34. The van der Waals surface area contributed by atoms with Crippen LogP contribution in [0, 0.1) is 17.2 Å². The average molecular weight is 256 g/mol. The zero-order chi connectivity index (χ0) is 13.7. The number of nitriles is 1. The highest BCUT2D eigenvalue weighted by Gasteiger charge is 2.23. The number of hydrogen-bond donors (Lipinski definition) is 0. The van der Waals surface area contributed by atoms with Crippen LogP contribution in [0.2, 0.25) is 0 Å². The first-order valence-electron chi connectivity index (χ1n) is 7.46. The van der Waals surface area contributed by atoms with E-state index in [9.17, 15) is 0 Å². The molecule has 1 saturated carbocycles. The maximum Gasteiger partial charge on any atom is 0.0655 e. The van der Waals surface area contributed by atoms with Gasteiger partial charge in [0.25, 0.3) is 0 Å². The van der Waals surface area contributed by atoms with Crippen LogP contribution in [-0.4, -0.2) is 13.1 Å². The Bertz CT molecular complexity index is 422. The van der Waals surface area contributed by atoms with Gasteiger partial charge in [0.2, 0.25) is 0 Å². The molecule has 0 spiro atoms. The predicted molar refractivity (Wildman–Crippen MR) is 80.2 cm³/mol. The first-order chi connectivity index (χ1) is 9.24. The summed E-state index contributed by atoms with van der Waals surface area (Å²) in [5, 5.41) is 8.95. The van der Waals surface area contributed by atoms with Crippen LogP contribution in [-0.2, 0) is 6.42 Å². The third-order valence-corrected chi connectivity index (χ3v) is 4.31. The van der Waals surface area contributed by atoms with E-state index < -0.39 is 0 Å². The van der Waals surface area contributed by atoms with Crippen LogP contribution >= 0.6 is 0 Å². The lowest BCUT2D eigenvalue weighted by Gasteiger charge is -2.34. The Labute approximate surface area is 117 Å². The molecule has 0 N–H and O–H groups in total. The van der Waals surface area contributed by atoms with Crippen LogP contribution in [0.3, 0.4) is 0 Å². The maximum atomic E-state index is 8.95. The van der Waals surface area contributed by atoms with Gasteiger partial charge in [0.05, 0.1) is 6.07 Å². The zero-order valence-corrected chi connectivity index (χ0v) is 12.1. The standard InChI is InChI=1S/C17H24N2/c1-3-4-14-5-9-16(10-6-14)19(2)17-11-7-15(13-18)8-12-17/h5-6,9-10,15,17H,3-4,7-8,11-12H2,1-2H3. The molecule has 0 amide bonds. The van der Waals surface area contributed by atoms with Gasteiger partial charge >= 0.3 is 0 Å². The van der Waals surface area contributed by atoms with Crippen LogP contribution in [0.15, 0.2) is 24.3 Å². The first kappa shape index (κ1) is 13.9. The smallest absolute Gasteiger partial charge is 0.0655 e. The molecular weight excluding hydrogens is 232 g/mol. The molecule has 1 aromatic carbocycles. The Morgan fingerprint density at radius 2 is 1.79 bits per heavy atom. The number of hydrogen-bond acceptors (Lipinski definition) is 2. The van der Waals surface area contributed by atoms with Gasteiger partial charge in [0.1, 0.15) is 0 Å². The fraction of sp³-hybridized carbons (Fsp3) is 0.588. The molecule has 2 heteroatoms. The summed E-state index contributed by atoms with van der Waals surface area (Å²) >= 11 is 0. The molecule has 1 aliphatic rings. The van der Waals surface area contributed by atoms with E-state index in [4.69, 9.17) is 5.26 Å². The minimum absolute atomic E-state index is 0.289. The molecule has 0 saturated heterocycles. The van der Waals surface area contributed by atoms with Gasteiger partial charge in [-0.1, -0.05) is 25.5 Å². The second-order valence-corrected chi connectivity index (χ2v) is 5.66. The van der Waals surface area contributed by atoms with E-state index in [-0.39, 0.29) is 5.92 Å². The van der Waals surface area contributed by atoms with Crippen LogP contribution in [0.25, 0.3) is 0 Å². The molecule has 102 valence electrons. The largest absolute Gasteiger partial charge is 0.372 e. The van der Waals surface area contributed by atoms with E-state index in [1.54, 1.807) is 0 Å². The predicted octanol–water partition coefficient (Wildman–Crippen LogP) is 4.16. The fourth-order valence-electron chi connectivity index (χ4n) is 2.99. The molecule has 0 unspecified atom stereocenters. The van der Waals surface area contributed by atoms with E-state index in [1.807, 2.05) is 0 Å². The van der Waals surface area contributed by atoms with Gasteiger partial charge in [-0.05, 0) is 49.8 Å². The van der Waals surface area contributed by atoms with Gasteiger partial charge in [0, 0.05) is 24.7 Å². The van der Waals surface area contributed by atoms with Crippen molar-refractivity contribution in [2.45, 2.75) is 51.5 Å².